The lowest BCUT2D eigenvalue weighted by atomic mass is 10.2. The molecule has 3 nitrogen and oxygen atoms in total. The zero-order chi connectivity index (χ0) is 7.98. The fourth-order valence-electron chi connectivity index (χ4n) is 0.500. The maximum Gasteiger partial charge on any atom is 0.247 e. The number of ether oxygens (including phenoxy) is 1. The molecule has 0 fully saturated rings. The molecule has 0 radical (unpaired) electrons. The van der Waals surface area contributed by atoms with Crippen molar-refractivity contribution in [2.75, 3.05) is 6.61 Å². The molecule has 0 saturated carbocycles. The van der Waals surface area contributed by atoms with Crippen molar-refractivity contribution in [2.45, 2.75) is 20.3 Å². The van der Waals surface area contributed by atoms with Crippen LogP contribution in [0.3, 0.4) is 0 Å². The average Bonchev–Trinajstić information content (AvgIpc) is 1.89. The molecular weight excluding hydrogens is 130 g/mol. The summed E-state index contributed by atoms with van der Waals surface area (Å²) in [5.74, 6) is -0.407. The lowest BCUT2D eigenvalue weighted by Crippen LogP contribution is -2.13. The summed E-state index contributed by atoms with van der Waals surface area (Å²) < 4.78 is 4.88. The first-order valence-corrected chi connectivity index (χ1v) is 3.32. The molecule has 0 saturated heterocycles. The quantitative estimate of drug-likeness (QED) is 0.467. The highest BCUT2D eigenvalue weighted by atomic mass is 16.5. The molecular formula is C7H13NO2. The molecule has 3 heteroatoms. The molecule has 0 atom stereocenters. The Labute approximate surface area is 60.9 Å². The van der Waals surface area contributed by atoms with Crippen LogP contribution in [-0.2, 0) is 9.53 Å². The molecule has 0 aliphatic rings. The standard InChI is InChI=1S/C7H13NO2/c1-3-6(7(8)9)5-10-4-2/h5H,3-4H2,1-2H3,(H2,8,9)/b6-5+. The lowest BCUT2D eigenvalue weighted by Gasteiger charge is -1.98. The van der Waals surface area contributed by atoms with Gasteiger partial charge in [0.25, 0.3) is 0 Å². The van der Waals surface area contributed by atoms with Crippen LogP contribution in [0.1, 0.15) is 20.3 Å². The Morgan fingerprint density at radius 3 is 2.50 bits per heavy atom. The third kappa shape index (κ3) is 3.12. The van der Waals surface area contributed by atoms with Gasteiger partial charge in [-0.1, -0.05) is 6.92 Å². The molecule has 0 aliphatic carbocycles. The SMILES string of the molecule is CCO/C=C(\CC)C(N)=O. The third-order valence-electron chi connectivity index (χ3n) is 1.09. The van der Waals surface area contributed by atoms with E-state index in [1.54, 1.807) is 0 Å². The van der Waals surface area contributed by atoms with Crippen LogP contribution in [0.4, 0.5) is 0 Å². The zero-order valence-corrected chi connectivity index (χ0v) is 6.39. The highest BCUT2D eigenvalue weighted by molar-refractivity contribution is 5.91. The smallest absolute Gasteiger partial charge is 0.247 e. The van der Waals surface area contributed by atoms with Crippen molar-refractivity contribution in [3.05, 3.63) is 11.8 Å². The van der Waals surface area contributed by atoms with E-state index in [2.05, 4.69) is 0 Å². The van der Waals surface area contributed by atoms with Crippen LogP contribution in [0.15, 0.2) is 11.8 Å². The fourth-order valence-corrected chi connectivity index (χ4v) is 0.500. The third-order valence-corrected chi connectivity index (χ3v) is 1.09. The van der Waals surface area contributed by atoms with Gasteiger partial charge in [0, 0.05) is 0 Å². The van der Waals surface area contributed by atoms with Crippen LogP contribution in [0.5, 0.6) is 0 Å². The number of carbonyl (C=O) groups is 1. The summed E-state index contributed by atoms with van der Waals surface area (Å²) >= 11 is 0. The summed E-state index contributed by atoms with van der Waals surface area (Å²) in [5, 5.41) is 0. The van der Waals surface area contributed by atoms with Crippen LogP contribution in [0.2, 0.25) is 0 Å². The summed E-state index contributed by atoms with van der Waals surface area (Å²) in [6, 6.07) is 0. The second kappa shape index (κ2) is 4.85. The highest BCUT2D eigenvalue weighted by Crippen LogP contribution is 1.98. The van der Waals surface area contributed by atoms with Gasteiger partial charge in [0.1, 0.15) is 0 Å². The second-order valence-electron chi connectivity index (χ2n) is 1.82. The molecule has 58 valence electrons. The van der Waals surface area contributed by atoms with Gasteiger partial charge in [-0.2, -0.15) is 0 Å². The number of hydrogen-bond donors (Lipinski definition) is 1. The zero-order valence-electron chi connectivity index (χ0n) is 6.39. The molecule has 0 bridgehead atoms. The maximum atomic E-state index is 10.5. The van der Waals surface area contributed by atoms with E-state index in [1.807, 2.05) is 13.8 Å². The van der Waals surface area contributed by atoms with E-state index < -0.39 is 5.91 Å². The Balaban J connectivity index is 3.91. The number of carbonyl (C=O) groups excluding carboxylic acids is 1. The number of hydrogen-bond acceptors (Lipinski definition) is 2. The molecule has 0 rings (SSSR count). The van der Waals surface area contributed by atoms with Crippen molar-refractivity contribution in [1.29, 1.82) is 0 Å². The molecule has 0 aromatic rings. The molecule has 0 unspecified atom stereocenters. The van der Waals surface area contributed by atoms with Crippen LogP contribution >= 0.6 is 0 Å². The largest absolute Gasteiger partial charge is 0.501 e. The first kappa shape index (κ1) is 9.01. The van der Waals surface area contributed by atoms with Gasteiger partial charge in [0.05, 0.1) is 18.4 Å². The van der Waals surface area contributed by atoms with Crippen LogP contribution < -0.4 is 5.73 Å². The minimum Gasteiger partial charge on any atom is -0.501 e. The molecule has 1 amide bonds. The Kier molecular flexibility index (Phi) is 4.37. The molecule has 0 aliphatic heterocycles. The summed E-state index contributed by atoms with van der Waals surface area (Å²) in [4.78, 5) is 10.5. The molecule has 0 aromatic heterocycles. The van der Waals surface area contributed by atoms with Crippen molar-refractivity contribution in [3.63, 3.8) is 0 Å². The van der Waals surface area contributed by atoms with E-state index in [0.717, 1.165) is 0 Å². The van der Waals surface area contributed by atoms with Crippen molar-refractivity contribution in [2.24, 2.45) is 5.73 Å². The summed E-state index contributed by atoms with van der Waals surface area (Å²) in [7, 11) is 0. The topological polar surface area (TPSA) is 52.3 Å². The normalized spacial score (nSPS) is 11.2. The first-order chi connectivity index (χ1) is 4.72. The van der Waals surface area contributed by atoms with Gasteiger partial charge in [0.2, 0.25) is 5.91 Å². The number of nitrogens with two attached hydrogens (primary N) is 1. The molecule has 0 aromatic carbocycles. The van der Waals surface area contributed by atoms with Crippen molar-refractivity contribution in [3.8, 4) is 0 Å². The lowest BCUT2D eigenvalue weighted by molar-refractivity contribution is -0.114. The fraction of sp³-hybridized carbons (Fsp3) is 0.571. The summed E-state index contributed by atoms with van der Waals surface area (Å²) in [5.41, 5.74) is 5.53. The van der Waals surface area contributed by atoms with Gasteiger partial charge in [-0.25, -0.2) is 0 Å². The van der Waals surface area contributed by atoms with E-state index in [-0.39, 0.29) is 0 Å². The van der Waals surface area contributed by atoms with Gasteiger partial charge in [0.15, 0.2) is 0 Å². The number of rotatable bonds is 4. The summed E-state index contributed by atoms with van der Waals surface area (Å²) in [6.07, 6.45) is 2.04. The Bertz CT molecular complexity index is 141. The molecule has 0 heterocycles. The second-order valence-corrected chi connectivity index (χ2v) is 1.82. The Morgan fingerprint density at radius 2 is 2.20 bits per heavy atom. The van der Waals surface area contributed by atoms with E-state index in [0.29, 0.717) is 18.6 Å². The van der Waals surface area contributed by atoms with Crippen molar-refractivity contribution >= 4 is 5.91 Å². The molecule has 0 spiro atoms. The average molecular weight is 143 g/mol. The number of primary amides is 1. The van der Waals surface area contributed by atoms with Crippen LogP contribution in [-0.4, -0.2) is 12.5 Å². The summed E-state index contributed by atoms with van der Waals surface area (Å²) in [6.45, 7) is 4.27. The maximum absolute atomic E-state index is 10.5. The van der Waals surface area contributed by atoms with Gasteiger partial charge < -0.3 is 10.5 Å². The predicted molar refractivity (Wildman–Crippen MR) is 39.2 cm³/mol. The predicted octanol–water partition coefficient (Wildman–Crippen LogP) is 0.802. The Morgan fingerprint density at radius 1 is 1.60 bits per heavy atom. The molecule has 2 N–H and O–H groups in total. The van der Waals surface area contributed by atoms with Gasteiger partial charge in [-0.15, -0.1) is 0 Å². The van der Waals surface area contributed by atoms with Crippen LogP contribution in [0.25, 0.3) is 0 Å². The van der Waals surface area contributed by atoms with E-state index in [9.17, 15) is 4.79 Å². The van der Waals surface area contributed by atoms with Gasteiger partial charge in [-0.3, -0.25) is 4.79 Å². The van der Waals surface area contributed by atoms with Crippen LogP contribution in [0, 0.1) is 0 Å². The Hall–Kier alpha value is -0.990. The van der Waals surface area contributed by atoms with E-state index in [4.69, 9.17) is 10.5 Å². The van der Waals surface area contributed by atoms with Crippen molar-refractivity contribution in [1.82, 2.24) is 0 Å². The highest BCUT2D eigenvalue weighted by Gasteiger charge is 1.99. The van der Waals surface area contributed by atoms with Gasteiger partial charge >= 0.3 is 0 Å². The first-order valence-electron chi connectivity index (χ1n) is 3.32. The van der Waals surface area contributed by atoms with E-state index >= 15 is 0 Å². The van der Waals surface area contributed by atoms with Crippen molar-refractivity contribution < 1.29 is 9.53 Å². The number of amides is 1. The minimum atomic E-state index is -0.407. The monoisotopic (exact) mass is 143 g/mol. The minimum absolute atomic E-state index is 0.407. The van der Waals surface area contributed by atoms with E-state index in [1.165, 1.54) is 6.26 Å². The van der Waals surface area contributed by atoms with Gasteiger partial charge in [-0.05, 0) is 13.3 Å². The molecule has 10 heavy (non-hydrogen) atoms.